The van der Waals surface area contributed by atoms with Crippen LogP contribution in [0.4, 0.5) is 4.39 Å². The minimum Gasteiger partial charge on any atom is -0.348 e. The molecule has 122 valence electrons. The number of benzene rings is 1. The van der Waals surface area contributed by atoms with Gasteiger partial charge < -0.3 is 9.88 Å². The summed E-state index contributed by atoms with van der Waals surface area (Å²) >= 11 is 0. The number of halogens is 1. The van der Waals surface area contributed by atoms with Crippen molar-refractivity contribution >= 4 is 16.8 Å². The number of nitrogens with zero attached hydrogens (tertiary/aromatic N) is 2. The summed E-state index contributed by atoms with van der Waals surface area (Å²) in [7, 11) is 0. The number of carbonyl (C=O) groups is 1. The van der Waals surface area contributed by atoms with E-state index in [0.717, 1.165) is 5.56 Å². The summed E-state index contributed by atoms with van der Waals surface area (Å²) < 4.78 is 14.3. The number of carbonyl (C=O) groups excluding carboxylic acids is 1. The third-order valence-corrected chi connectivity index (χ3v) is 3.80. The van der Waals surface area contributed by atoms with Crippen LogP contribution >= 0.6 is 0 Å². The van der Waals surface area contributed by atoms with E-state index in [4.69, 9.17) is 0 Å². The number of aromatic nitrogens is 2. The van der Waals surface area contributed by atoms with Crippen LogP contribution < -0.4 is 10.9 Å². The molecule has 0 unspecified atom stereocenters. The van der Waals surface area contributed by atoms with E-state index < -0.39 is 0 Å². The van der Waals surface area contributed by atoms with E-state index in [9.17, 15) is 14.0 Å². The van der Waals surface area contributed by atoms with Crippen LogP contribution in [0.15, 0.2) is 59.7 Å². The van der Waals surface area contributed by atoms with Crippen LogP contribution in [-0.2, 0) is 11.3 Å². The second-order valence-electron chi connectivity index (χ2n) is 5.53. The van der Waals surface area contributed by atoms with E-state index in [0.29, 0.717) is 10.9 Å². The SMILES string of the molecule is C[C@H](NC(=O)Cn1ccc2ncccc2c1=O)c1ccc(F)cc1. The summed E-state index contributed by atoms with van der Waals surface area (Å²) in [5.41, 5.74) is 1.13. The molecule has 0 bridgehead atoms. The van der Waals surface area contributed by atoms with Gasteiger partial charge in [0, 0.05) is 12.4 Å². The lowest BCUT2D eigenvalue weighted by molar-refractivity contribution is -0.122. The Bertz CT molecular complexity index is 935. The molecule has 5 nitrogen and oxygen atoms in total. The Labute approximate surface area is 137 Å². The summed E-state index contributed by atoms with van der Waals surface area (Å²) in [6.45, 7) is 1.72. The topological polar surface area (TPSA) is 64.0 Å². The second kappa shape index (κ2) is 6.62. The largest absolute Gasteiger partial charge is 0.348 e. The third-order valence-electron chi connectivity index (χ3n) is 3.80. The molecule has 0 aliphatic rings. The van der Waals surface area contributed by atoms with Crippen molar-refractivity contribution in [2.24, 2.45) is 0 Å². The van der Waals surface area contributed by atoms with Crippen molar-refractivity contribution in [3.8, 4) is 0 Å². The van der Waals surface area contributed by atoms with Crippen molar-refractivity contribution in [3.05, 3.63) is 76.6 Å². The minimum atomic E-state index is -0.325. The van der Waals surface area contributed by atoms with E-state index in [1.807, 2.05) is 0 Å². The molecule has 3 rings (SSSR count). The average molecular weight is 325 g/mol. The maximum absolute atomic E-state index is 12.9. The van der Waals surface area contributed by atoms with Gasteiger partial charge in [-0.1, -0.05) is 12.1 Å². The normalized spacial score (nSPS) is 12.1. The molecular weight excluding hydrogens is 309 g/mol. The lowest BCUT2D eigenvalue weighted by Crippen LogP contribution is -2.33. The van der Waals surface area contributed by atoms with Crippen molar-refractivity contribution in [2.45, 2.75) is 19.5 Å². The number of fused-ring (bicyclic) bond motifs is 1. The fourth-order valence-electron chi connectivity index (χ4n) is 2.52. The fourth-order valence-corrected chi connectivity index (χ4v) is 2.52. The number of amides is 1. The van der Waals surface area contributed by atoms with Gasteiger partial charge in [0.2, 0.25) is 5.91 Å². The van der Waals surface area contributed by atoms with Crippen LogP contribution in [0.3, 0.4) is 0 Å². The van der Waals surface area contributed by atoms with E-state index in [1.165, 1.54) is 16.7 Å². The zero-order valence-corrected chi connectivity index (χ0v) is 13.1. The molecule has 0 spiro atoms. The van der Waals surface area contributed by atoms with Gasteiger partial charge in [-0.3, -0.25) is 14.6 Å². The van der Waals surface area contributed by atoms with Gasteiger partial charge in [-0.05, 0) is 42.8 Å². The Morgan fingerprint density at radius 1 is 1.25 bits per heavy atom. The van der Waals surface area contributed by atoms with Crippen LogP contribution in [0.2, 0.25) is 0 Å². The van der Waals surface area contributed by atoms with Gasteiger partial charge in [0.05, 0.1) is 16.9 Å². The minimum absolute atomic E-state index is 0.0881. The molecule has 0 saturated carbocycles. The molecule has 1 N–H and O–H groups in total. The van der Waals surface area contributed by atoms with Crippen LogP contribution in [-0.4, -0.2) is 15.5 Å². The lowest BCUT2D eigenvalue weighted by Gasteiger charge is -2.15. The number of hydrogen-bond acceptors (Lipinski definition) is 3. The van der Waals surface area contributed by atoms with Crippen molar-refractivity contribution in [1.29, 1.82) is 0 Å². The zero-order valence-electron chi connectivity index (χ0n) is 13.1. The van der Waals surface area contributed by atoms with Crippen LogP contribution in [0, 0.1) is 5.82 Å². The number of pyridine rings is 2. The molecule has 0 radical (unpaired) electrons. The maximum Gasteiger partial charge on any atom is 0.260 e. The van der Waals surface area contributed by atoms with Gasteiger partial charge in [0.1, 0.15) is 12.4 Å². The summed E-state index contributed by atoms with van der Waals surface area (Å²) in [5, 5.41) is 3.27. The molecule has 6 heteroatoms. The Morgan fingerprint density at radius 3 is 2.75 bits per heavy atom. The monoisotopic (exact) mass is 325 g/mol. The molecule has 24 heavy (non-hydrogen) atoms. The Hall–Kier alpha value is -3.02. The van der Waals surface area contributed by atoms with Crippen LogP contribution in [0.5, 0.6) is 0 Å². The number of rotatable bonds is 4. The molecule has 0 aliphatic heterocycles. The quantitative estimate of drug-likeness (QED) is 0.801. The summed E-state index contributed by atoms with van der Waals surface area (Å²) in [5.74, 6) is -0.620. The number of nitrogens with one attached hydrogen (secondary N) is 1. The molecule has 2 aromatic heterocycles. The first-order valence-corrected chi connectivity index (χ1v) is 7.53. The highest BCUT2D eigenvalue weighted by atomic mass is 19.1. The highest BCUT2D eigenvalue weighted by Crippen LogP contribution is 2.12. The van der Waals surface area contributed by atoms with Crippen molar-refractivity contribution in [1.82, 2.24) is 14.9 Å². The highest BCUT2D eigenvalue weighted by molar-refractivity contribution is 5.79. The maximum atomic E-state index is 12.9. The van der Waals surface area contributed by atoms with E-state index in [2.05, 4.69) is 10.3 Å². The molecule has 1 amide bonds. The first-order valence-electron chi connectivity index (χ1n) is 7.53. The average Bonchev–Trinajstić information content (AvgIpc) is 2.58. The zero-order chi connectivity index (χ0) is 17.1. The smallest absolute Gasteiger partial charge is 0.260 e. The van der Waals surface area contributed by atoms with Crippen molar-refractivity contribution < 1.29 is 9.18 Å². The Balaban J connectivity index is 1.74. The molecule has 0 fully saturated rings. The van der Waals surface area contributed by atoms with Gasteiger partial charge in [-0.15, -0.1) is 0 Å². The van der Waals surface area contributed by atoms with Crippen LogP contribution in [0.25, 0.3) is 10.9 Å². The lowest BCUT2D eigenvalue weighted by atomic mass is 10.1. The summed E-state index contributed by atoms with van der Waals surface area (Å²) in [6.07, 6.45) is 3.17. The van der Waals surface area contributed by atoms with E-state index >= 15 is 0 Å². The first kappa shape index (κ1) is 15.9. The summed E-state index contributed by atoms with van der Waals surface area (Å²) in [6, 6.07) is 10.7. The standard InChI is InChI=1S/C18H16FN3O2/c1-12(13-4-6-14(19)7-5-13)21-17(23)11-22-10-8-16-15(18(22)24)3-2-9-20-16/h2-10,12H,11H2,1H3,(H,21,23)/t12-/m0/s1. The number of hydrogen-bond donors (Lipinski definition) is 1. The summed E-state index contributed by atoms with van der Waals surface area (Å²) in [4.78, 5) is 28.7. The predicted octanol–water partition coefficient (Wildman–Crippen LogP) is 2.41. The fraction of sp³-hybridized carbons (Fsp3) is 0.167. The van der Waals surface area contributed by atoms with Gasteiger partial charge in [0.25, 0.3) is 5.56 Å². The van der Waals surface area contributed by atoms with Gasteiger partial charge in [0.15, 0.2) is 0 Å². The molecule has 3 aromatic rings. The molecule has 1 atom stereocenters. The van der Waals surface area contributed by atoms with E-state index in [1.54, 1.807) is 49.6 Å². The van der Waals surface area contributed by atoms with Gasteiger partial charge in [-0.25, -0.2) is 4.39 Å². The second-order valence-corrected chi connectivity index (χ2v) is 5.53. The van der Waals surface area contributed by atoms with Gasteiger partial charge >= 0.3 is 0 Å². The third kappa shape index (κ3) is 3.32. The predicted molar refractivity (Wildman–Crippen MR) is 89.0 cm³/mol. The Morgan fingerprint density at radius 2 is 2.00 bits per heavy atom. The molecule has 1 aromatic carbocycles. The Kier molecular flexibility index (Phi) is 4.37. The molecule has 0 saturated heterocycles. The first-order chi connectivity index (χ1) is 11.5. The molecule has 2 heterocycles. The molecular formula is C18H16FN3O2. The van der Waals surface area contributed by atoms with E-state index in [-0.39, 0.29) is 29.9 Å². The van der Waals surface area contributed by atoms with Gasteiger partial charge in [-0.2, -0.15) is 0 Å². The van der Waals surface area contributed by atoms with Crippen molar-refractivity contribution in [2.75, 3.05) is 0 Å². The molecule has 0 aliphatic carbocycles. The van der Waals surface area contributed by atoms with Crippen molar-refractivity contribution in [3.63, 3.8) is 0 Å². The van der Waals surface area contributed by atoms with Crippen LogP contribution in [0.1, 0.15) is 18.5 Å². The highest BCUT2D eigenvalue weighted by Gasteiger charge is 2.12.